The number of hydrogen-bond donors (Lipinski definition) is 0. The molecule has 0 N–H and O–H groups in total. The van der Waals surface area contributed by atoms with Crippen LogP contribution in [0.4, 0.5) is 0 Å². The lowest BCUT2D eigenvalue weighted by Gasteiger charge is -2.79. The second-order valence-electron chi connectivity index (χ2n) is 19.1. The van der Waals surface area contributed by atoms with Crippen LogP contribution in [0, 0.1) is 72.4 Å². The van der Waals surface area contributed by atoms with Crippen molar-refractivity contribution in [3.05, 3.63) is 0 Å². The van der Waals surface area contributed by atoms with Crippen LogP contribution in [0.5, 0.6) is 0 Å². The molecule has 0 radical (unpaired) electrons. The Labute approximate surface area is 226 Å². The molecule has 0 saturated heterocycles. The SMILES string of the molecule is CC1C[C@@]2(C)C(CC[C@]3(C)C2CC[C@]2(C)C4C(C)(C)C(C)(C)CC[C@]4(C)CCC23C)C(C)(C)C1(C)C. The summed E-state index contributed by atoms with van der Waals surface area (Å²) in [4.78, 5) is 0. The maximum absolute atomic E-state index is 2.83. The Morgan fingerprint density at radius 2 is 1.03 bits per heavy atom. The van der Waals surface area contributed by atoms with Crippen LogP contribution in [-0.4, -0.2) is 0 Å². The lowest BCUT2D eigenvalue weighted by atomic mass is 9.25. The lowest BCUT2D eigenvalue weighted by molar-refractivity contribution is -0.310. The van der Waals surface area contributed by atoms with Gasteiger partial charge in [0.05, 0.1) is 0 Å². The normalized spacial score (nSPS) is 56.5. The highest BCUT2D eigenvalue weighted by Gasteiger charge is 2.75. The molecule has 0 aliphatic heterocycles. The monoisotopic (exact) mass is 497 g/mol. The largest absolute Gasteiger partial charge is 0.0620 e. The lowest BCUT2D eigenvalue weighted by Crippen LogP contribution is -2.72. The summed E-state index contributed by atoms with van der Waals surface area (Å²) in [6, 6.07) is 0. The highest BCUT2D eigenvalue weighted by molar-refractivity contribution is 5.24. The summed E-state index contributed by atoms with van der Waals surface area (Å²) in [5.74, 6) is 3.36. The smallest absolute Gasteiger partial charge is 0.0212 e. The molecule has 0 amide bonds. The van der Waals surface area contributed by atoms with Gasteiger partial charge in [0.15, 0.2) is 0 Å². The van der Waals surface area contributed by atoms with E-state index >= 15 is 0 Å². The van der Waals surface area contributed by atoms with Gasteiger partial charge in [0, 0.05) is 0 Å². The fourth-order valence-electron chi connectivity index (χ4n) is 13.8. The van der Waals surface area contributed by atoms with Gasteiger partial charge in [-0.25, -0.2) is 0 Å². The quantitative estimate of drug-likeness (QED) is 0.313. The molecular formula is C36H64. The predicted octanol–water partition coefficient (Wildman–Crippen LogP) is 11.2. The zero-order valence-corrected chi connectivity index (χ0v) is 27.2. The highest BCUT2D eigenvalue weighted by Crippen LogP contribution is 2.83. The van der Waals surface area contributed by atoms with Crippen LogP contribution >= 0.6 is 0 Å². The Morgan fingerprint density at radius 3 is 1.64 bits per heavy atom. The minimum atomic E-state index is 0.381. The van der Waals surface area contributed by atoms with Crippen LogP contribution in [0.15, 0.2) is 0 Å². The van der Waals surface area contributed by atoms with Gasteiger partial charge in [-0.15, -0.1) is 0 Å². The second-order valence-corrected chi connectivity index (χ2v) is 19.1. The van der Waals surface area contributed by atoms with E-state index in [4.69, 9.17) is 0 Å². The molecular weight excluding hydrogens is 432 g/mol. The average molecular weight is 497 g/mol. The third-order valence-electron chi connectivity index (χ3n) is 17.6. The van der Waals surface area contributed by atoms with E-state index in [9.17, 15) is 0 Å². The first kappa shape index (κ1) is 27.6. The molecule has 5 aliphatic rings. The number of rotatable bonds is 0. The van der Waals surface area contributed by atoms with Crippen molar-refractivity contribution in [3.8, 4) is 0 Å². The van der Waals surface area contributed by atoms with E-state index in [1.165, 1.54) is 57.8 Å². The van der Waals surface area contributed by atoms with Crippen molar-refractivity contribution in [1.29, 1.82) is 0 Å². The van der Waals surface area contributed by atoms with Gasteiger partial charge in [0.25, 0.3) is 0 Å². The molecule has 0 aromatic heterocycles. The van der Waals surface area contributed by atoms with Gasteiger partial charge in [-0.3, -0.25) is 0 Å². The van der Waals surface area contributed by atoms with E-state index in [1.54, 1.807) is 0 Å². The minimum Gasteiger partial charge on any atom is -0.0620 e. The first-order valence-electron chi connectivity index (χ1n) is 16.1. The molecule has 9 atom stereocenters. The van der Waals surface area contributed by atoms with E-state index in [1.807, 2.05) is 0 Å². The van der Waals surface area contributed by atoms with Crippen LogP contribution < -0.4 is 0 Å². The highest BCUT2D eigenvalue weighted by atomic mass is 14.8. The molecule has 5 saturated carbocycles. The van der Waals surface area contributed by atoms with Gasteiger partial charge in [-0.2, -0.15) is 0 Å². The van der Waals surface area contributed by atoms with Crippen molar-refractivity contribution in [1.82, 2.24) is 0 Å². The Bertz CT molecular complexity index is 918. The maximum Gasteiger partial charge on any atom is -0.0212 e. The Kier molecular flexibility index (Phi) is 5.51. The molecule has 0 nitrogen and oxygen atoms in total. The molecule has 5 aliphatic carbocycles. The van der Waals surface area contributed by atoms with Gasteiger partial charge in [0.1, 0.15) is 0 Å². The molecule has 0 spiro atoms. The average Bonchev–Trinajstić information content (AvgIpc) is 2.72. The van der Waals surface area contributed by atoms with Crippen molar-refractivity contribution in [2.24, 2.45) is 72.4 Å². The van der Waals surface area contributed by atoms with E-state index in [0.717, 1.165) is 23.7 Å². The zero-order valence-electron chi connectivity index (χ0n) is 27.2. The maximum atomic E-state index is 2.83. The van der Waals surface area contributed by atoms with Crippen LogP contribution in [0.3, 0.4) is 0 Å². The molecule has 5 unspecified atom stereocenters. The van der Waals surface area contributed by atoms with Crippen LogP contribution in [-0.2, 0) is 0 Å². The third kappa shape index (κ3) is 2.80. The number of hydrogen-bond acceptors (Lipinski definition) is 0. The van der Waals surface area contributed by atoms with Crippen LogP contribution in [0.25, 0.3) is 0 Å². The summed E-state index contributed by atoms with van der Waals surface area (Å²) in [7, 11) is 0. The van der Waals surface area contributed by atoms with E-state index in [2.05, 4.69) is 96.9 Å². The van der Waals surface area contributed by atoms with Gasteiger partial charge in [-0.05, 0) is 130 Å². The van der Waals surface area contributed by atoms with Gasteiger partial charge < -0.3 is 0 Å². The summed E-state index contributed by atoms with van der Waals surface area (Å²) in [5.41, 5.74) is 3.96. The molecule has 36 heavy (non-hydrogen) atoms. The van der Waals surface area contributed by atoms with E-state index in [-0.39, 0.29) is 0 Å². The first-order chi connectivity index (χ1) is 16.1. The standard InChI is InChI=1S/C36H64/c1-24-23-33(11)25(30(6,7)29(24,4)5)15-17-34(12)26(33)16-18-35(13)27-31(8,9)28(2,3)19-20-32(27,10)21-22-36(34,35)14/h24-27H,15-23H2,1-14H3/t24?,25?,26?,27?,32-,33+,34-,35-,36?/m1/s1. The van der Waals surface area contributed by atoms with Crippen molar-refractivity contribution in [2.75, 3.05) is 0 Å². The van der Waals surface area contributed by atoms with E-state index < -0.39 is 0 Å². The Balaban J connectivity index is 1.62. The van der Waals surface area contributed by atoms with Crippen molar-refractivity contribution in [2.45, 2.75) is 155 Å². The minimum absolute atomic E-state index is 0.381. The second kappa shape index (κ2) is 7.19. The fourth-order valence-corrected chi connectivity index (χ4v) is 13.8. The molecule has 0 heteroatoms. The van der Waals surface area contributed by atoms with E-state index in [0.29, 0.717) is 48.7 Å². The third-order valence-corrected chi connectivity index (χ3v) is 17.6. The molecule has 0 aromatic carbocycles. The van der Waals surface area contributed by atoms with Crippen LogP contribution in [0.2, 0.25) is 0 Å². The van der Waals surface area contributed by atoms with Gasteiger partial charge in [0.2, 0.25) is 0 Å². The van der Waals surface area contributed by atoms with Crippen LogP contribution in [0.1, 0.15) is 155 Å². The summed E-state index contributed by atoms with van der Waals surface area (Å²) < 4.78 is 0. The van der Waals surface area contributed by atoms with Gasteiger partial charge >= 0.3 is 0 Å². The molecule has 0 heterocycles. The Hall–Kier alpha value is 0. The molecule has 208 valence electrons. The summed E-state index contributed by atoms with van der Waals surface area (Å²) in [6.45, 7) is 37.7. The van der Waals surface area contributed by atoms with Crippen molar-refractivity contribution >= 4 is 0 Å². The predicted molar refractivity (Wildman–Crippen MR) is 157 cm³/mol. The summed E-state index contributed by atoms with van der Waals surface area (Å²) >= 11 is 0. The zero-order chi connectivity index (χ0) is 27.2. The molecule has 0 bridgehead atoms. The molecule has 5 rings (SSSR count). The topological polar surface area (TPSA) is 0 Å². The number of fused-ring (bicyclic) bond motifs is 7. The summed E-state index contributed by atoms with van der Waals surface area (Å²) in [6.07, 6.45) is 13.1. The van der Waals surface area contributed by atoms with Crippen molar-refractivity contribution < 1.29 is 0 Å². The molecule has 5 fully saturated rings. The summed E-state index contributed by atoms with van der Waals surface area (Å²) in [5, 5.41) is 0. The van der Waals surface area contributed by atoms with Crippen molar-refractivity contribution in [3.63, 3.8) is 0 Å². The fraction of sp³-hybridized carbons (Fsp3) is 1.00. The molecule has 0 aromatic rings. The Morgan fingerprint density at radius 1 is 0.500 bits per heavy atom. The van der Waals surface area contributed by atoms with Gasteiger partial charge in [-0.1, -0.05) is 96.9 Å². The first-order valence-corrected chi connectivity index (χ1v) is 16.1.